The number of nitrogens with zero attached hydrogens (tertiary/aromatic N) is 3. The van der Waals surface area contributed by atoms with E-state index in [1.54, 1.807) is 30.2 Å². The molecule has 0 unspecified atom stereocenters. The first-order chi connectivity index (χ1) is 13.2. The lowest BCUT2D eigenvalue weighted by molar-refractivity contribution is 0.102. The van der Waals surface area contributed by atoms with E-state index in [9.17, 15) is 4.79 Å². The van der Waals surface area contributed by atoms with E-state index >= 15 is 0 Å². The minimum atomic E-state index is -0.183. The van der Waals surface area contributed by atoms with Crippen molar-refractivity contribution in [2.24, 2.45) is 0 Å². The number of oxazole rings is 1. The number of amides is 1. The second-order valence-corrected chi connectivity index (χ2v) is 6.51. The Morgan fingerprint density at radius 1 is 1.19 bits per heavy atom. The summed E-state index contributed by atoms with van der Waals surface area (Å²) in [6.07, 6.45) is 8.61. The zero-order valence-corrected chi connectivity index (χ0v) is 15.3. The lowest BCUT2D eigenvalue weighted by Gasteiger charge is -2.10. The van der Waals surface area contributed by atoms with Gasteiger partial charge in [-0.05, 0) is 36.6 Å². The van der Waals surface area contributed by atoms with Gasteiger partial charge in [0.05, 0.1) is 6.20 Å². The molecule has 0 atom stereocenters. The fraction of sp³-hybridized carbons (Fsp3) is 0.0500. The highest BCUT2D eigenvalue weighted by Crippen LogP contribution is 2.23. The molecule has 0 spiro atoms. The molecule has 6 nitrogen and oxygen atoms in total. The van der Waals surface area contributed by atoms with E-state index in [-0.39, 0.29) is 5.91 Å². The SMILES string of the molecule is CSc1nccn1-c1cccc(C(=O)Nc2cccc(-c3cnco3)c2)c1. The number of hydrogen-bond donors (Lipinski definition) is 1. The van der Waals surface area contributed by atoms with Gasteiger partial charge in [-0.15, -0.1) is 0 Å². The minimum absolute atomic E-state index is 0.183. The van der Waals surface area contributed by atoms with E-state index in [0.717, 1.165) is 16.4 Å². The summed E-state index contributed by atoms with van der Waals surface area (Å²) in [7, 11) is 0. The summed E-state index contributed by atoms with van der Waals surface area (Å²) >= 11 is 1.55. The van der Waals surface area contributed by atoms with Crippen LogP contribution >= 0.6 is 11.8 Å². The molecule has 27 heavy (non-hydrogen) atoms. The number of rotatable bonds is 5. The van der Waals surface area contributed by atoms with E-state index < -0.39 is 0 Å². The zero-order valence-electron chi connectivity index (χ0n) is 14.5. The summed E-state index contributed by atoms with van der Waals surface area (Å²) in [5, 5.41) is 3.80. The standard InChI is InChI=1S/C20H16N4O2S/c1-27-20-22-8-9-24(20)17-7-3-5-15(11-17)19(25)23-16-6-2-4-14(10-16)18-12-21-13-26-18/h2-13H,1H3,(H,23,25). The first-order valence-corrected chi connectivity index (χ1v) is 9.45. The second-order valence-electron chi connectivity index (χ2n) is 5.73. The third-order valence-electron chi connectivity index (χ3n) is 4.01. The quantitative estimate of drug-likeness (QED) is 0.519. The van der Waals surface area contributed by atoms with Crippen LogP contribution in [0.4, 0.5) is 5.69 Å². The lowest BCUT2D eigenvalue weighted by Crippen LogP contribution is -2.12. The number of hydrogen-bond acceptors (Lipinski definition) is 5. The summed E-state index contributed by atoms with van der Waals surface area (Å²) < 4.78 is 7.26. The molecule has 2 aromatic carbocycles. The Labute approximate surface area is 160 Å². The Bertz CT molecular complexity index is 1070. The molecule has 2 heterocycles. The predicted octanol–water partition coefficient (Wildman–Crippen LogP) is 4.50. The molecule has 0 aliphatic carbocycles. The molecule has 0 bridgehead atoms. The maximum Gasteiger partial charge on any atom is 0.255 e. The maximum absolute atomic E-state index is 12.7. The van der Waals surface area contributed by atoms with E-state index in [1.165, 1.54) is 6.39 Å². The van der Waals surface area contributed by atoms with Crippen LogP contribution in [0.5, 0.6) is 0 Å². The molecule has 4 rings (SSSR count). The van der Waals surface area contributed by atoms with Gasteiger partial charge in [-0.3, -0.25) is 9.36 Å². The number of imidazole rings is 1. The molecule has 0 aliphatic rings. The van der Waals surface area contributed by atoms with Crippen molar-refractivity contribution < 1.29 is 9.21 Å². The van der Waals surface area contributed by atoms with Crippen molar-refractivity contribution in [3.8, 4) is 17.0 Å². The van der Waals surface area contributed by atoms with Gasteiger partial charge in [-0.25, -0.2) is 9.97 Å². The Morgan fingerprint density at radius 3 is 2.89 bits per heavy atom. The largest absolute Gasteiger partial charge is 0.444 e. The average Bonchev–Trinajstić information content (AvgIpc) is 3.40. The summed E-state index contributed by atoms with van der Waals surface area (Å²) in [5.74, 6) is 0.468. The topological polar surface area (TPSA) is 73.0 Å². The number of benzene rings is 2. The number of thioether (sulfide) groups is 1. The highest BCUT2D eigenvalue weighted by molar-refractivity contribution is 7.98. The Hall–Kier alpha value is -3.32. The molecule has 1 amide bonds. The van der Waals surface area contributed by atoms with E-state index in [0.29, 0.717) is 17.0 Å². The Morgan fingerprint density at radius 2 is 2.07 bits per heavy atom. The summed E-state index contributed by atoms with van der Waals surface area (Å²) in [5.41, 5.74) is 2.99. The number of anilines is 1. The van der Waals surface area contributed by atoms with Crippen LogP contribution < -0.4 is 5.32 Å². The predicted molar refractivity (Wildman–Crippen MR) is 105 cm³/mol. The number of aromatic nitrogens is 3. The summed E-state index contributed by atoms with van der Waals surface area (Å²) in [4.78, 5) is 20.9. The van der Waals surface area contributed by atoms with Crippen LogP contribution in [0.3, 0.4) is 0 Å². The first-order valence-electron chi connectivity index (χ1n) is 8.22. The van der Waals surface area contributed by atoms with Gasteiger partial charge >= 0.3 is 0 Å². The fourth-order valence-electron chi connectivity index (χ4n) is 2.75. The van der Waals surface area contributed by atoms with Gasteiger partial charge in [0, 0.05) is 34.9 Å². The van der Waals surface area contributed by atoms with Crippen molar-refractivity contribution in [1.82, 2.24) is 14.5 Å². The molecular weight excluding hydrogens is 360 g/mol. The second kappa shape index (κ2) is 7.51. The summed E-state index contributed by atoms with van der Waals surface area (Å²) in [6, 6.07) is 14.9. The first kappa shape index (κ1) is 17.1. The number of nitrogens with one attached hydrogen (secondary N) is 1. The van der Waals surface area contributed by atoms with Crippen molar-refractivity contribution >= 4 is 23.4 Å². The smallest absolute Gasteiger partial charge is 0.255 e. The fourth-order valence-corrected chi connectivity index (χ4v) is 3.28. The molecule has 7 heteroatoms. The molecule has 2 aromatic heterocycles. The summed E-state index contributed by atoms with van der Waals surface area (Å²) in [6.45, 7) is 0. The van der Waals surface area contributed by atoms with Crippen LogP contribution in [-0.4, -0.2) is 26.7 Å². The van der Waals surface area contributed by atoms with Crippen molar-refractivity contribution in [3.05, 3.63) is 79.1 Å². The van der Waals surface area contributed by atoms with Crippen LogP contribution in [0, 0.1) is 0 Å². The highest BCUT2D eigenvalue weighted by Gasteiger charge is 2.10. The molecule has 0 aliphatic heterocycles. The van der Waals surface area contributed by atoms with Crippen LogP contribution in [0.25, 0.3) is 17.0 Å². The van der Waals surface area contributed by atoms with Crippen LogP contribution in [0.15, 0.2) is 83.1 Å². The van der Waals surface area contributed by atoms with Crippen molar-refractivity contribution in [2.75, 3.05) is 11.6 Å². The van der Waals surface area contributed by atoms with Gasteiger partial charge in [0.1, 0.15) is 0 Å². The van der Waals surface area contributed by atoms with E-state index in [2.05, 4.69) is 15.3 Å². The van der Waals surface area contributed by atoms with Gasteiger partial charge < -0.3 is 9.73 Å². The van der Waals surface area contributed by atoms with Crippen LogP contribution in [0.2, 0.25) is 0 Å². The van der Waals surface area contributed by atoms with Gasteiger partial charge in [0.25, 0.3) is 5.91 Å². The molecular formula is C20H16N4O2S. The molecule has 1 N–H and O–H groups in total. The van der Waals surface area contributed by atoms with Gasteiger partial charge in [-0.1, -0.05) is 30.0 Å². The third-order valence-corrected chi connectivity index (χ3v) is 4.68. The van der Waals surface area contributed by atoms with Crippen molar-refractivity contribution in [2.45, 2.75) is 5.16 Å². The Kier molecular flexibility index (Phi) is 4.76. The molecule has 0 radical (unpaired) electrons. The zero-order chi connectivity index (χ0) is 18.6. The van der Waals surface area contributed by atoms with Crippen molar-refractivity contribution in [3.63, 3.8) is 0 Å². The van der Waals surface area contributed by atoms with Gasteiger partial charge in [-0.2, -0.15) is 0 Å². The Balaban J connectivity index is 1.57. The molecule has 0 fully saturated rings. The molecule has 0 saturated carbocycles. The number of carbonyl (C=O) groups excluding carboxylic acids is 1. The maximum atomic E-state index is 12.7. The molecule has 0 saturated heterocycles. The van der Waals surface area contributed by atoms with Crippen molar-refractivity contribution in [1.29, 1.82) is 0 Å². The van der Waals surface area contributed by atoms with E-state index in [1.807, 2.05) is 59.5 Å². The number of carbonyl (C=O) groups is 1. The van der Waals surface area contributed by atoms with Crippen LogP contribution in [0.1, 0.15) is 10.4 Å². The minimum Gasteiger partial charge on any atom is -0.444 e. The highest BCUT2D eigenvalue weighted by atomic mass is 32.2. The normalized spacial score (nSPS) is 10.7. The average molecular weight is 376 g/mol. The molecule has 134 valence electrons. The van der Waals surface area contributed by atoms with Crippen LogP contribution in [-0.2, 0) is 0 Å². The van der Waals surface area contributed by atoms with Gasteiger partial charge in [0.2, 0.25) is 0 Å². The van der Waals surface area contributed by atoms with E-state index in [4.69, 9.17) is 4.42 Å². The lowest BCUT2D eigenvalue weighted by atomic mass is 10.1. The molecule has 4 aromatic rings. The van der Waals surface area contributed by atoms with Gasteiger partial charge in [0.15, 0.2) is 17.3 Å². The third kappa shape index (κ3) is 3.63. The monoisotopic (exact) mass is 376 g/mol.